The molecule has 0 saturated carbocycles. The zero-order chi connectivity index (χ0) is 17.5. The summed E-state index contributed by atoms with van der Waals surface area (Å²) in [5.41, 5.74) is 2.64. The molecule has 0 aliphatic carbocycles. The van der Waals surface area contributed by atoms with Crippen molar-refractivity contribution in [1.82, 2.24) is 0 Å². The highest BCUT2D eigenvalue weighted by atomic mass is 79.9. The largest absolute Gasteiger partial charge is 0.482 e. The number of anilines is 1. The van der Waals surface area contributed by atoms with Crippen molar-refractivity contribution in [1.29, 1.82) is 0 Å². The minimum absolute atomic E-state index is 0.257. The van der Waals surface area contributed by atoms with E-state index in [0.717, 1.165) is 21.3 Å². The van der Waals surface area contributed by atoms with Gasteiger partial charge in [-0.1, -0.05) is 40.2 Å². The minimum atomic E-state index is -0.605. The number of aryl methyl sites for hydroxylation is 2. The molecule has 6 heteroatoms. The Hall–Kier alpha value is -2.34. The quantitative estimate of drug-likeness (QED) is 0.763. The van der Waals surface area contributed by atoms with Gasteiger partial charge in [0.2, 0.25) is 0 Å². The molecule has 0 aromatic heterocycles. The van der Waals surface area contributed by atoms with Crippen molar-refractivity contribution in [2.45, 2.75) is 13.8 Å². The summed E-state index contributed by atoms with van der Waals surface area (Å²) in [6.45, 7) is 3.20. The fourth-order valence-corrected chi connectivity index (χ4v) is 2.45. The van der Waals surface area contributed by atoms with Crippen LogP contribution in [0.4, 0.5) is 5.69 Å². The lowest BCUT2D eigenvalue weighted by atomic mass is 10.1. The van der Waals surface area contributed by atoms with Gasteiger partial charge in [-0.15, -0.1) is 0 Å². The molecule has 2 aromatic rings. The summed E-state index contributed by atoms with van der Waals surface area (Å²) in [5, 5.41) is 2.75. The third-order valence-electron chi connectivity index (χ3n) is 3.26. The molecule has 2 aromatic carbocycles. The van der Waals surface area contributed by atoms with Gasteiger partial charge in [0.1, 0.15) is 5.75 Å². The van der Waals surface area contributed by atoms with E-state index in [-0.39, 0.29) is 19.1 Å². The highest BCUT2D eigenvalue weighted by Gasteiger charge is 2.11. The number of carbonyl (C=O) groups is 2. The second-order valence-electron chi connectivity index (χ2n) is 5.22. The van der Waals surface area contributed by atoms with Crippen molar-refractivity contribution in [3.63, 3.8) is 0 Å². The Kier molecular flexibility index (Phi) is 6.37. The summed E-state index contributed by atoms with van der Waals surface area (Å²) in [6.07, 6.45) is 0. The summed E-state index contributed by atoms with van der Waals surface area (Å²) in [4.78, 5) is 23.6. The zero-order valence-electron chi connectivity index (χ0n) is 13.5. The van der Waals surface area contributed by atoms with Crippen LogP contribution >= 0.6 is 15.9 Å². The lowest BCUT2D eigenvalue weighted by molar-refractivity contribution is -0.149. The van der Waals surface area contributed by atoms with E-state index in [0.29, 0.717) is 5.75 Å². The first kappa shape index (κ1) is 18.0. The molecule has 1 N–H and O–H groups in total. The van der Waals surface area contributed by atoms with Crippen LogP contribution in [-0.2, 0) is 14.3 Å². The maximum absolute atomic E-state index is 11.9. The van der Waals surface area contributed by atoms with Gasteiger partial charge in [0.15, 0.2) is 13.2 Å². The molecule has 24 heavy (non-hydrogen) atoms. The van der Waals surface area contributed by atoms with E-state index < -0.39 is 5.97 Å². The van der Waals surface area contributed by atoms with Gasteiger partial charge >= 0.3 is 5.97 Å². The molecule has 5 nitrogen and oxygen atoms in total. The number of nitrogens with one attached hydrogen (secondary N) is 1. The molecular formula is C18H18BrNO4. The number of hydrogen-bond donors (Lipinski definition) is 1. The van der Waals surface area contributed by atoms with Crippen molar-refractivity contribution >= 4 is 33.5 Å². The molecule has 0 spiro atoms. The Labute approximate surface area is 149 Å². The lowest BCUT2D eigenvalue weighted by Crippen LogP contribution is -2.24. The molecule has 0 bridgehead atoms. The average molecular weight is 392 g/mol. The molecule has 126 valence electrons. The van der Waals surface area contributed by atoms with Crippen LogP contribution in [0.5, 0.6) is 5.75 Å². The fraction of sp³-hybridized carbons (Fsp3) is 0.222. The summed E-state index contributed by atoms with van der Waals surface area (Å²) >= 11 is 3.31. The Bertz CT molecular complexity index is 725. The van der Waals surface area contributed by atoms with Crippen LogP contribution in [-0.4, -0.2) is 25.1 Å². The molecule has 0 unspecified atom stereocenters. The van der Waals surface area contributed by atoms with Gasteiger partial charge in [-0.3, -0.25) is 4.79 Å². The van der Waals surface area contributed by atoms with Crippen LogP contribution in [0.25, 0.3) is 0 Å². The Morgan fingerprint density at radius 2 is 1.71 bits per heavy atom. The lowest BCUT2D eigenvalue weighted by Gasteiger charge is -2.12. The molecular weight excluding hydrogens is 374 g/mol. The third kappa shape index (κ3) is 5.38. The van der Waals surface area contributed by atoms with Crippen molar-refractivity contribution in [2.24, 2.45) is 0 Å². The van der Waals surface area contributed by atoms with Gasteiger partial charge in [-0.25, -0.2) is 4.79 Å². The Morgan fingerprint density at radius 1 is 1.04 bits per heavy atom. The molecule has 0 fully saturated rings. The van der Waals surface area contributed by atoms with E-state index in [1.54, 1.807) is 18.2 Å². The normalized spacial score (nSPS) is 10.1. The summed E-state index contributed by atoms with van der Waals surface area (Å²) in [5.74, 6) is -0.448. The van der Waals surface area contributed by atoms with Crippen LogP contribution in [0, 0.1) is 13.8 Å². The first-order valence-electron chi connectivity index (χ1n) is 7.36. The second kappa shape index (κ2) is 8.49. The molecule has 0 heterocycles. The zero-order valence-corrected chi connectivity index (χ0v) is 15.1. The highest BCUT2D eigenvalue weighted by Crippen LogP contribution is 2.19. The average Bonchev–Trinajstić information content (AvgIpc) is 2.54. The summed E-state index contributed by atoms with van der Waals surface area (Å²) < 4.78 is 11.1. The van der Waals surface area contributed by atoms with E-state index in [9.17, 15) is 9.59 Å². The van der Waals surface area contributed by atoms with Gasteiger partial charge in [-0.05, 0) is 43.2 Å². The minimum Gasteiger partial charge on any atom is -0.482 e. The number of benzene rings is 2. The van der Waals surface area contributed by atoms with E-state index >= 15 is 0 Å². The van der Waals surface area contributed by atoms with E-state index in [2.05, 4.69) is 21.2 Å². The predicted octanol–water partition coefficient (Wildman–Crippen LogP) is 3.63. The second-order valence-corrected chi connectivity index (χ2v) is 6.14. The number of hydrogen-bond acceptors (Lipinski definition) is 4. The number of para-hydroxylation sites is 1. The summed E-state index contributed by atoms with van der Waals surface area (Å²) in [7, 11) is 0. The van der Waals surface area contributed by atoms with E-state index in [1.807, 2.05) is 38.1 Å². The molecule has 0 aliphatic heterocycles. The first-order chi connectivity index (χ1) is 11.5. The van der Waals surface area contributed by atoms with Gasteiger partial charge in [0, 0.05) is 10.2 Å². The van der Waals surface area contributed by atoms with Crippen LogP contribution in [0.3, 0.4) is 0 Å². The van der Waals surface area contributed by atoms with Gasteiger partial charge in [0.05, 0.1) is 0 Å². The number of carbonyl (C=O) groups excluding carboxylic acids is 2. The predicted molar refractivity (Wildman–Crippen MR) is 95.1 cm³/mol. The van der Waals surface area contributed by atoms with Crippen molar-refractivity contribution in [2.75, 3.05) is 18.5 Å². The number of halogens is 1. The number of esters is 1. The molecule has 0 radical (unpaired) electrons. The first-order valence-corrected chi connectivity index (χ1v) is 8.15. The van der Waals surface area contributed by atoms with Crippen molar-refractivity contribution in [3.05, 3.63) is 58.1 Å². The van der Waals surface area contributed by atoms with E-state index in [1.165, 1.54) is 0 Å². The van der Waals surface area contributed by atoms with Crippen LogP contribution in [0.2, 0.25) is 0 Å². The smallest absolute Gasteiger partial charge is 0.344 e. The maximum Gasteiger partial charge on any atom is 0.344 e. The molecule has 0 aliphatic rings. The fourth-order valence-electron chi connectivity index (χ4n) is 2.07. The number of ether oxygens (including phenoxy) is 2. The van der Waals surface area contributed by atoms with Gasteiger partial charge in [-0.2, -0.15) is 0 Å². The van der Waals surface area contributed by atoms with Crippen LogP contribution < -0.4 is 10.1 Å². The highest BCUT2D eigenvalue weighted by molar-refractivity contribution is 9.10. The SMILES string of the molecule is Cc1cccc(C)c1NC(=O)COC(=O)COc1cccc(Br)c1. The van der Waals surface area contributed by atoms with Crippen molar-refractivity contribution < 1.29 is 19.1 Å². The van der Waals surface area contributed by atoms with Crippen LogP contribution in [0.1, 0.15) is 11.1 Å². The standard InChI is InChI=1S/C18H18BrNO4/c1-12-5-3-6-13(2)18(12)20-16(21)10-24-17(22)11-23-15-8-4-7-14(19)9-15/h3-9H,10-11H2,1-2H3,(H,20,21). The third-order valence-corrected chi connectivity index (χ3v) is 3.76. The summed E-state index contributed by atoms with van der Waals surface area (Å²) in [6, 6.07) is 12.8. The molecule has 2 rings (SSSR count). The van der Waals surface area contributed by atoms with Gasteiger partial charge < -0.3 is 14.8 Å². The number of rotatable bonds is 6. The topological polar surface area (TPSA) is 64.6 Å². The number of amides is 1. The van der Waals surface area contributed by atoms with Crippen molar-refractivity contribution in [3.8, 4) is 5.75 Å². The Morgan fingerprint density at radius 3 is 2.38 bits per heavy atom. The molecule has 1 amide bonds. The van der Waals surface area contributed by atoms with Crippen LogP contribution in [0.15, 0.2) is 46.9 Å². The molecule has 0 saturated heterocycles. The maximum atomic E-state index is 11.9. The van der Waals surface area contributed by atoms with Gasteiger partial charge in [0.25, 0.3) is 5.91 Å². The molecule has 0 atom stereocenters. The Balaban J connectivity index is 1.78. The monoisotopic (exact) mass is 391 g/mol. The van der Waals surface area contributed by atoms with E-state index in [4.69, 9.17) is 9.47 Å².